The Balaban J connectivity index is 0. The van der Waals surface area contributed by atoms with E-state index < -0.39 is 0 Å². The first-order valence-corrected chi connectivity index (χ1v) is 0. The van der Waals surface area contributed by atoms with Gasteiger partial charge in [-0.3, -0.25) is 0 Å². The van der Waals surface area contributed by atoms with Crippen LogP contribution in [0.2, 0.25) is 0 Å². The zero-order valence-corrected chi connectivity index (χ0v) is 8.52. The summed E-state index contributed by atoms with van der Waals surface area (Å²) < 4.78 is 0. The molecule has 3 heteroatoms. The molecule has 0 N–H and O–H groups in total. The van der Waals surface area contributed by atoms with Crippen LogP contribution >= 0.6 is 0 Å². The summed E-state index contributed by atoms with van der Waals surface area (Å²) in [7, 11) is 0. The van der Waals surface area contributed by atoms with Crippen molar-refractivity contribution in [3.8, 4) is 0 Å². The van der Waals surface area contributed by atoms with E-state index >= 15 is 0 Å². The Bertz CT molecular complexity index is 8.00. The molecule has 0 aromatic rings. The second-order valence-electron chi connectivity index (χ2n) is 0. The molecule has 4 heavy (non-hydrogen) atoms. The molecule has 0 saturated carbocycles. The van der Waals surface area contributed by atoms with E-state index in [0.29, 0.717) is 0 Å². The van der Waals surface area contributed by atoms with Gasteiger partial charge in [0, 0.05) is 62.2 Å². The van der Waals surface area contributed by atoms with Crippen molar-refractivity contribution >= 4 is 54.8 Å². The fourth-order valence-corrected chi connectivity index (χ4v) is 0. The third-order valence-corrected chi connectivity index (χ3v) is 0. The molecule has 0 unspecified atom stereocenters. The van der Waals surface area contributed by atoms with Gasteiger partial charge >= 0.3 is 0 Å². The van der Waals surface area contributed by atoms with Gasteiger partial charge in [-0.15, -0.1) is 0 Å². The van der Waals surface area contributed by atoms with Gasteiger partial charge in [0.25, 0.3) is 0 Å². The van der Waals surface area contributed by atoms with Crippen LogP contribution in [0.15, 0.2) is 0 Å². The third-order valence-electron chi connectivity index (χ3n) is 0. The van der Waals surface area contributed by atoms with Crippen LogP contribution in [0, 0.1) is 7.43 Å². The first-order valence-electron chi connectivity index (χ1n) is 0. The summed E-state index contributed by atoms with van der Waals surface area (Å²) in [6.45, 7) is 0. The molecule has 0 atom stereocenters. The molecule has 0 aliphatic carbocycles. The van der Waals surface area contributed by atoms with Crippen molar-refractivity contribution in [1.29, 1.82) is 0 Å². The predicted octanol–water partition coefficient (Wildman–Crippen LogP) is -1.06. The molecule has 0 heterocycles. The van der Waals surface area contributed by atoms with Crippen molar-refractivity contribution in [2.45, 2.75) is 0 Å². The average molecular weight is 322 g/mol. The molecular weight excluding hydrogens is 322 g/mol. The van der Waals surface area contributed by atoms with Gasteiger partial charge < -0.3 is 0 Å². The van der Waals surface area contributed by atoms with Crippen LogP contribution in [0.4, 0.5) is 0 Å². The minimum atomic E-state index is 0. The van der Waals surface area contributed by atoms with E-state index in [1.54, 1.807) is 0 Å². The summed E-state index contributed by atoms with van der Waals surface area (Å²) in [4.78, 5) is 0. The quantitative estimate of drug-likeness (QED) is 0.499. The summed E-state index contributed by atoms with van der Waals surface area (Å²) in [5.74, 6) is 0. The monoisotopic (exact) mass is 323 g/mol. The summed E-state index contributed by atoms with van der Waals surface area (Å²) in [6, 6.07) is 0. The van der Waals surface area contributed by atoms with Crippen LogP contribution in [-0.2, 0) is 0 Å². The van der Waals surface area contributed by atoms with Gasteiger partial charge in [-0.05, 0) is 0 Å². The third kappa shape index (κ3) is 9.43. The SMILES string of the molecule is [Bi].[C].[Ge].[Si]. The van der Waals surface area contributed by atoms with Gasteiger partial charge in [0.05, 0.1) is 0 Å². The first kappa shape index (κ1) is 45.1. The Hall–Kier alpha value is 1.64. The molecule has 17 valence electrons. The summed E-state index contributed by atoms with van der Waals surface area (Å²) in [6.07, 6.45) is 0. The Labute approximate surface area is 61.9 Å². The van der Waals surface area contributed by atoms with Crippen molar-refractivity contribution in [1.82, 2.24) is 0 Å². The molecule has 0 spiro atoms. The molecule has 0 aromatic carbocycles. The van der Waals surface area contributed by atoms with E-state index in [1.807, 2.05) is 0 Å². The van der Waals surface area contributed by atoms with Crippen LogP contribution in [-0.4, -0.2) is 54.8 Å². The maximum atomic E-state index is 0. The molecular formula is CBiGeSi. The minimum absolute atomic E-state index is 0. The molecule has 0 aromatic heterocycles. The molecule has 0 rings (SSSR count). The van der Waals surface area contributed by atoms with E-state index in [-0.39, 0.29) is 62.2 Å². The summed E-state index contributed by atoms with van der Waals surface area (Å²) in [5.41, 5.74) is 0. The molecule has 0 aliphatic heterocycles. The molecule has 0 fully saturated rings. The number of hydrogen-bond acceptors (Lipinski definition) is 0. The topological polar surface area (TPSA) is 0 Å². The van der Waals surface area contributed by atoms with Crippen LogP contribution in [0.5, 0.6) is 0 Å². The zero-order valence-electron chi connectivity index (χ0n) is 1.95. The van der Waals surface area contributed by atoms with Gasteiger partial charge in [0.15, 0.2) is 0 Å². The Kier molecular flexibility index (Phi) is 257. The maximum absolute atomic E-state index is 0. The van der Waals surface area contributed by atoms with Crippen molar-refractivity contribution < 1.29 is 0 Å². The minimum Gasteiger partial charge on any atom is 0 e. The molecule has 0 saturated heterocycles. The average Bonchev–Trinajstić information content (AvgIpc) is 0. The van der Waals surface area contributed by atoms with E-state index in [2.05, 4.69) is 0 Å². The van der Waals surface area contributed by atoms with Gasteiger partial charge in [-0.25, -0.2) is 0 Å². The largest absolute Gasteiger partial charge is 0 e. The molecule has 0 bridgehead atoms. The van der Waals surface area contributed by atoms with E-state index in [1.165, 1.54) is 0 Å². The molecule has 0 amide bonds. The first-order chi connectivity index (χ1) is 0. The normalized spacial score (nSPS) is 0. The van der Waals surface area contributed by atoms with Crippen molar-refractivity contribution in [2.24, 2.45) is 0 Å². The summed E-state index contributed by atoms with van der Waals surface area (Å²) in [5, 5.41) is 0. The molecule has 15 radical (unpaired) electrons. The number of hydrogen-bond donors (Lipinski definition) is 0. The number of rotatable bonds is 0. The summed E-state index contributed by atoms with van der Waals surface area (Å²) >= 11 is 0. The van der Waals surface area contributed by atoms with Crippen LogP contribution < -0.4 is 0 Å². The van der Waals surface area contributed by atoms with Gasteiger partial charge in [0.2, 0.25) is 0 Å². The molecule has 0 aliphatic rings. The van der Waals surface area contributed by atoms with E-state index in [0.717, 1.165) is 0 Å². The van der Waals surface area contributed by atoms with E-state index in [4.69, 9.17) is 0 Å². The van der Waals surface area contributed by atoms with E-state index in [9.17, 15) is 0 Å². The van der Waals surface area contributed by atoms with Gasteiger partial charge in [-0.1, -0.05) is 0 Å². The fourth-order valence-electron chi connectivity index (χ4n) is 0. The van der Waals surface area contributed by atoms with Crippen LogP contribution in [0.25, 0.3) is 0 Å². The van der Waals surface area contributed by atoms with Gasteiger partial charge in [-0.2, -0.15) is 0 Å². The zero-order chi connectivity index (χ0) is 0. The Morgan fingerprint density at radius 2 is 1.00 bits per heavy atom. The van der Waals surface area contributed by atoms with Crippen molar-refractivity contribution in [3.63, 3.8) is 0 Å². The van der Waals surface area contributed by atoms with Crippen LogP contribution in [0.3, 0.4) is 0 Å². The van der Waals surface area contributed by atoms with Gasteiger partial charge in [0.1, 0.15) is 0 Å². The van der Waals surface area contributed by atoms with Crippen molar-refractivity contribution in [3.05, 3.63) is 7.43 Å². The van der Waals surface area contributed by atoms with Crippen LogP contribution in [0.1, 0.15) is 0 Å². The fraction of sp³-hybridized carbons (Fsp3) is 0. The Morgan fingerprint density at radius 3 is 1.00 bits per heavy atom. The smallest absolute Gasteiger partial charge is 0 e. The van der Waals surface area contributed by atoms with Crippen molar-refractivity contribution in [2.75, 3.05) is 0 Å². The second kappa shape index (κ2) is 22.8. The maximum Gasteiger partial charge on any atom is 0 e. The standard InChI is InChI=1S/C.Bi.Ge.Si. The Morgan fingerprint density at radius 1 is 1.00 bits per heavy atom. The second-order valence-corrected chi connectivity index (χ2v) is 0. The molecule has 0 nitrogen and oxygen atoms in total. The predicted molar refractivity (Wildman–Crippen MR) is 20.5 cm³/mol.